The normalized spacial score (nSPS) is 14.0. The predicted molar refractivity (Wildman–Crippen MR) is 110 cm³/mol. The van der Waals surface area contributed by atoms with E-state index >= 15 is 0 Å². The maximum Gasteiger partial charge on any atom is 0.337 e. The van der Waals surface area contributed by atoms with Crippen LogP contribution in [0.15, 0.2) is 48.7 Å². The number of nitrogens with zero attached hydrogens (tertiary/aromatic N) is 2. The number of para-hydroxylation sites is 1. The molecular formula is C22H21N3O4. The van der Waals surface area contributed by atoms with Gasteiger partial charge in [0.1, 0.15) is 0 Å². The summed E-state index contributed by atoms with van der Waals surface area (Å²) in [5, 5.41) is 13.5. The number of aryl methyl sites for hydroxylation is 1. The first-order valence-corrected chi connectivity index (χ1v) is 9.40. The number of ether oxygens (including phenoxy) is 1. The maximum absolute atomic E-state index is 13.2. The second-order valence-corrected chi connectivity index (χ2v) is 6.95. The SMILES string of the molecule is Cc1ccc2ncc(C(=O)N3CCOCC3)c(Nc3ccccc3C(=O)O)c2c1. The average Bonchev–Trinajstić information content (AvgIpc) is 2.74. The Morgan fingerprint density at radius 3 is 2.62 bits per heavy atom. The zero-order valence-electron chi connectivity index (χ0n) is 16.0. The van der Waals surface area contributed by atoms with E-state index in [1.54, 1.807) is 29.3 Å². The molecule has 1 amide bonds. The van der Waals surface area contributed by atoms with Crippen molar-refractivity contribution in [1.82, 2.24) is 9.88 Å². The Balaban J connectivity index is 1.86. The zero-order valence-corrected chi connectivity index (χ0v) is 16.0. The van der Waals surface area contributed by atoms with Crippen LogP contribution in [0.25, 0.3) is 10.9 Å². The van der Waals surface area contributed by atoms with Crippen molar-refractivity contribution < 1.29 is 19.4 Å². The van der Waals surface area contributed by atoms with Gasteiger partial charge in [-0.05, 0) is 31.2 Å². The lowest BCUT2D eigenvalue weighted by molar-refractivity contribution is 0.0303. The number of benzene rings is 2. The molecule has 0 radical (unpaired) electrons. The van der Waals surface area contributed by atoms with Crippen LogP contribution in [0.1, 0.15) is 26.3 Å². The fourth-order valence-corrected chi connectivity index (χ4v) is 3.45. The topological polar surface area (TPSA) is 91.8 Å². The number of aromatic carboxylic acids is 1. The molecule has 1 aliphatic rings. The summed E-state index contributed by atoms with van der Waals surface area (Å²) >= 11 is 0. The molecule has 7 heteroatoms. The number of rotatable bonds is 4. The molecule has 1 fully saturated rings. The van der Waals surface area contributed by atoms with E-state index in [1.807, 2.05) is 25.1 Å². The summed E-state index contributed by atoms with van der Waals surface area (Å²) in [5.41, 5.74) is 3.27. The first-order chi connectivity index (χ1) is 14.0. The second-order valence-electron chi connectivity index (χ2n) is 6.95. The van der Waals surface area contributed by atoms with Gasteiger partial charge in [0.25, 0.3) is 5.91 Å². The fraction of sp³-hybridized carbons (Fsp3) is 0.227. The molecular weight excluding hydrogens is 370 g/mol. The van der Waals surface area contributed by atoms with Gasteiger partial charge >= 0.3 is 5.97 Å². The van der Waals surface area contributed by atoms with Crippen molar-refractivity contribution >= 4 is 34.2 Å². The molecule has 1 aromatic heterocycles. The fourth-order valence-electron chi connectivity index (χ4n) is 3.45. The third-order valence-corrected chi connectivity index (χ3v) is 4.97. The standard InChI is InChI=1S/C22H21N3O4/c1-14-6-7-18-16(12-14)20(24-19-5-3-2-4-15(19)22(27)28)17(13-23-18)21(26)25-8-10-29-11-9-25/h2-7,12-13H,8-11H2,1H3,(H,23,24)(H,27,28). The largest absolute Gasteiger partial charge is 0.478 e. The monoisotopic (exact) mass is 391 g/mol. The zero-order chi connectivity index (χ0) is 20.4. The molecule has 0 spiro atoms. The minimum absolute atomic E-state index is 0.134. The summed E-state index contributed by atoms with van der Waals surface area (Å²) in [6, 6.07) is 12.4. The van der Waals surface area contributed by atoms with E-state index in [4.69, 9.17) is 4.74 Å². The number of morpholine rings is 1. The molecule has 2 N–H and O–H groups in total. The van der Waals surface area contributed by atoms with E-state index in [0.717, 1.165) is 16.5 Å². The number of carboxylic acid groups (broad SMARTS) is 1. The van der Waals surface area contributed by atoms with Gasteiger partial charge in [-0.15, -0.1) is 0 Å². The van der Waals surface area contributed by atoms with Crippen LogP contribution < -0.4 is 5.32 Å². The summed E-state index contributed by atoms with van der Waals surface area (Å²) in [5.74, 6) is -1.19. The molecule has 0 saturated carbocycles. The van der Waals surface area contributed by atoms with Gasteiger partial charge in [-0.1, -0.05) is 23.8 Å². The highest BCUT2D eigenvalue weighted by Crippen LogP contribution is 2.32. The molecule has 4 rings (SSSR count). The maximum atomic E-state index is 13.2. The number of pyridine rings is 1. The summed E-state index contributed by atoms with van der Waals surface area (Å²) in [6.45, 7) is 3.98. The van der Waals surface area contributed by atoms with Gasteiger partial charge in [-0.25, -0.2) is 4.79 Å². The molecule has 1 aliphatic heterocycles. The van der Waals surface area contributed by atoms with Crippen molar-refractivity contribution in [3.8, 4) is 0 Å². The number of aromatic nitrogens is 1. The quantitative estimate of drug-likeness (QED) is 0.708. The molecule has 0 unspecified atom stereocenters. The molecule has 0 bridgehead atoms. The molecule has 0 aliphatic carbocycles. The van der Waals surface area contributed by atoms with Crippen LogP contribution in [0, 0.1) is 6.92 Å². The summed E-state index contributed by atoms with van der Waals surface area (Å²) in [6.07, 6.45) is 1.56. The van der Waals surface area contributed by atoms with Crippen molar-refractivity contribution in [2.45, 2.75) is 6.92 Å². The molecule has 2 heterocycles. The van der Waals surface area contributed by atoms with Crippen molar-refractivity contribution in [2.75, 3.05) is 31.6 Å². The van der Waals surface area contributed by atoms with Gasteiger partial charge in [-0.2, -0.15) is 0 Å². The molecule has 2 aromatic carbocycles. The molecule has 1 saturated heterocycles. The molecule has 29 heavy (non-hydrogen) atoms. The van der Waals surface area contributed by atoms with E-state index in [1.165, 1.54) is 6.07 Å². The number of carboxylic acids is 1. The number of carbonyl (C=O) groups is 2. The van der Waals surface area contributed by atoms with Crippen molar-refractivity contribution in [3.63, 3.8) is 0 Å². The van der Waals surface area contributed by atoms with Crippen LogP contribution in [-0.2, 0) is 4.74 Å². The van der Waals surface area contributed by atoms with Gasteiger partial charge in [0, 0.05) is 24.7 Å². The van der Waals surface area contributed by atoms with E-state index in [9.17, 15) is 14.7 Å². The lowest BCUT2D eigenvalue weighted by atomic mass is 10.0. The highest BCUT2D eigenvalue weighted by atomic mass is 16.5. The van der Waals surface area contributed by atoms with Crippen LogP contribution in [0.5, 0.6) is 0 Å². The number of amides is 1. The van der Waals surface area contributed by atoms with Crippen LogP contribution in [-0.4, -0.2) is 53.2 Å². The van der Waals surface area contributed by atoms with Gasteiger partial charge in [0.05, 0.1) is 41.2 Å². The van der Waals surface area contributed by atoms with Crippen LogP contribution in [0.2, 0.25) is 0 Å². The third-order valence-electron chi connectivity index (χ3n) is 4.97. The van der Waals surface area contributed by atoms with Crippen LogP contribution in [0.3, 0.4) is 0 Å². The number of anilines is 2. The first kappa shape index (κ1) is 18.9. The summed E-state index contributed by atoms with van der Waals surface area (Å²) in [4.78, 5) is 31.1. The molecule has 148 valence electrons. The Hall–Kier alpha value is -3.45. The van der Waals surface area contributed by atoms with Crippen molar-refractivity contribution in [3.05, 3.63) is 65.4 Å². The molecule has 7 nitrogen and oxygen atoms in total. The number of hydrogen-bond donors (Lipinski definition) is 2. The van der Waals surface area contributed by atoms with Crippen LogP contribution >= 0.6 is 0 Å². The first-order valence-electron chi connectivity index (χ1n) is 9.40. The molecule has 3 aromatic rings. The highest BCUT2D eigenvalue weighted by Gasteiger charge is 2.24. The van der Waals surface area contributed by atoms with E-state index in [2.05, 4.69) is 10.3 Å². The Morgan fingerprint density at radius 1 is 1.10 bits per heavy atom. The van der Waals surface area contributed by atoms with Crippen molar-refractivity contribution in [2.24, 2.45) is 0 Å². The number of nitrogens with one attached hydrogen (secondary N) is 1. The Morgan fingerprint density at radius 2 is 1.86 bits per heavy atom. The predicted octanol–water partition coefficient (Wildman–Crippen LogP) is 3.46. The second kappa shape index (κ2) is 7.89. The van der Waals surface area contributed by atoms with Gasteiger partial charge in [0.15, 0.2) is 0 Å². The van der Waals surface area contributed by atoms with E-state index in [0.29, 0.717) is 43.2 Å². The van der Waals surface area contributed by atoms with Gasteiger partial charge in [-0.3, -0.25) is 9.78 Å². The Labute approximate surface area is 167 Å². The smallest absolute Gasteiger partial charge is 0.337 e. The Bertz CT molecular complexity index is 1090. The minimum Gasteiger partial charge on any atom is -0.478 e. The highest BCUT2D eigenvalue weighted by molar-refractivity contribution is 6.09. The lowest BCUT2D eigenvalue weighted by Gasteiger charge is -2.28. The Kier molecular flexibility index (Phi) is 5.14. The third kappa shape index (κ3) is 3.77. The summed E-state index contributed by atoms with van der Waals surface area (Å²) in [7, 11) is 0. The van der Waals surface area contributed by atoms with E-state index in [-0.39, 0.29) is 11.5 Å². The van der Waals surface area contributed by atoms with Gasteiger partial charge < -0.3 is 20.1 Å². The molecule has 0 atom stereocenters. The average molecular weight is 391 g/mol. The van der Waals surface area contributed by atoms with Crippen LogP contribution in [0.4, 0.5) is 11.4 Å². The summed E-state index contributed by atoms with van der Waals surface area (Å²) < 4.78 is 5.35. The van der Waals surface area contributed by atoms with Gasteiger partial charge in [0.2, 0.25) is 0 Å². The minimum atomic E-state index is -1.04. The lowest BCUT2D eigenvalue weighted by Crippen LogP contribution is -2.41. The number of carbonyl (C=O) groups excluding carboxylic acids is 1. The number of fused-ring (bicyclic) bond motifs is 1. The van der Waals surface area contributed by atoms with E-state index < -0.39 is 5.97 Å². The number of hydrogen-bond acceptors (Lipinski definition) is 5. The van der Waals surface area contributed by atoms with Crippen molar-refractivity contribution in [1.29, 1.82) is 0 Å².